The number of nitrogens with zero attached hydrogens (tertiary/aromatic N) is 2. The van der Waals surface area contributed by atoms with Crippen LogP contribution in [0.4, 0.5) is 5.69 Å². The van der Waals surface area contributed by atoms with E-state index in [0.717, 1.165) is 25.9 Å². The molecule has 1 saturated heterocycles. The van der Waals surface area contributed by atoms with Gasteiger partial charge in [-0.3, -0.25) is 0 Å². The maximum atomic E-state index is 12.2. The topological polar surface area (TPSA) is 72.9 Å². The SMILES string of the molecule is CN(C)S(=O)(=O)c1cccc(NC(=S)N2CCC[C@@H](CO)C2)c1. The van der Waals surface area contributed by atoms with Crippen LogP contribution in [-0.4, -0.2) is 61.6 Å². The summed E-state index contributed by atoms with van der Waals surface area (Å²) in [7, 11) is -0.464. The largest absolute Gasteiger partial charge is 0.396 e. The van der Waals surface area contributed by atoms with Crippen LogP contribution in [0.15, 0.2) is 29.2 Å². The Balaban J connectivity index is 2.10. The second-order valence-corrected chi connectivity index (χ2v) is 8.42. The smallest absolute Gasteiger partial charge is 0.242 e. The third kappa shape index (κ3) is 4.41. The van der Waals surface area contributed by atoms with Crippen LogP contribution in [0.1, 0.15) is 12.8 Å². The molecule has 0 aliphatic carbocycles. The average molecular weight is 358 g/mol. The Hall–Kier alpha value is -1.22. The van der Waals surface area contributed by atoms with Gasteiger partial charge < -0.3 is 15.3 Å². The second-order valence-electron chi connectivity index (χ2n) is 5.88. The molecule has 6 nitrogen and oxygen atoms in total. The molecule has 8 heteroatoms. The van der Waals surface area contributed by atoms with Gasteiger partial charge >= 0.3 is 0 Å². The number of aliphatic hydroxyl groups excluding tert-OH is 1. The van der Waals surface area contributed by atoms with E-state index in [1.165, 1.54) is 18.4 Å². The van der Waals surface area contributed by atoms with Crippen molar-refractivity contribution in [1.29, 1.82) is 0 Å². The van der Waals surface area contributed by atoms with Crippen molar-refractivity contribution in [1.82, 2.24) is 9.21 Å². The van der Waals surface area contributed by atoms with Crippen LogP contribution in [-0.2, 0) is 10.0 Å². The van der Waals surface area contributed by atoms with Crippen LogP contribution >= 0.6 is 12.2 Å². The number of sulfonamides is 1. The number of hydrogen-bond donors (Lipinski definition) is 2. The Labute approximate surface area is 143 Å². The highest BCUT2D eigenvalue weighted by atomic mass is 32.2. The number of aliphatic hydroxyl groups is 1. The summed E-state index contributed by atoms with van der Waals surface area (Å²) in [6.07, 6.45) is 1.99. The van der Waals surface area contributed by atoms with Gasteiger partial charge in [-0.05, 0) is 49.2 Å². The Morgan fingerprint density at radius 2 is 2.22 bits per heavy atom. The van der Waals surface area contributed by atoms with E-state index in [0.29, 0.717) is 10.8 Å². The molecule has 1 heterocycles. The Morgan fingerprint density at radius 1 is 1.48 bits per heavy atom. The van der Waals surface area contributed by atoms with Crippen molar-refractivity contribution in [3.63, 3.8) is 0 Å². The van der Waals surface area contributed by atoms with Gasteiger partial charge in [0.15, 0.2) is 5.11 Å². The first-order valence-electron chi connectivity index (χ1n) is 7.54. The molecule has 1 atom stereocenters. The molecule has 0 spiro atoms. The van der Waals surface area contributed by atoms with E-state index < -0.39 is 10.0 Å². The molecule has 1 fully saturated rings. The van der Waals surface area contributed by atoms with E-state index in [2.05, 4.69) is 5.32 Å². The van der Waals surface area contributed by atoms with Crippen LogP contribution in [0, 0.1) is 5.92 Å². The highest BCUT2D eigenvalue weighted by Gasteiger charge is 2.22. The molecule has 1 aliphatic rings. The fourth-order valence-electron chi connectivity index (χ4n) is 2.55. The number of hydrogen-bond acceptors (Lipinski definition) is 4. The van der Waals surface area contributed by atoms with E-state index in [-0.39, 0.29) is 17.4 Å². The lowest BCUT2D eigenvalue weighted by molar-refractivity contribution is 0.162. The Bertz CT molecular complexity index is 662. The molecule has 0 saturated carbocycles. The molecule has 2 rings (SSSR count). The van der Waals surface area contributed by atoms with Gasteiger partial charge in [0.2, 0.25) is 10.0 Å². The molecular formula is C15H23N3O3S2. The molecule has 1 aromatic rings. The van der Waals surface area contributed by atoms with Gasteiger partial charge in [0.25, 0.3) is 0 Å². The van der Waals surface area contributed by atoms with E-state index in [1.807, 2.05) is 4.90 Å². The lowest BCUT2D eigenvalue weighted by atomic mass is 9.99. The van der Waals surface area contributed by atoms with E-state index in [4.69, 9.17) is 12.2 Å². The minimum absolute atomic E-state index is 0.162. The molecule has 0 aromatic heterocycles. The van der Waals surface area contributed by atoms with Crippen molar-refractivity contribution >= 4 is 33.0 Å². The Morgan fingerprint density at radius 3 is 2.87 bits per heavy atom. The maximum Gasteiger partial charge on any atom is 0.242 e. The molecule has 0 unspecified atom stereocenters. The molecule has 2 N–H and O–H groups in total. The van der Waals surface area contributed by atoms with Crippen LogP contribution in [0.25, 0.3) is 0 Å². The number of nitrogens with one attached hydrogen (secondary N) is 1. The number of thiocarbonyl (C=S) groups is 1. The van der Waals surface area contributed by atoms with Gasteiger partial charge in [-0.15, -0.1) is 0 Å². The van der Waals surface area contributed by atoms with Crippen molar-refractivity contribution in [2.75, 3.05) is 39.1 Å². The molecule has 1 aliphatic heterocycles. The minimum Gasteiger partial charge on any atom is -0.396 e. The number of piperidine rings is 1. The summed E-state index contributed by atoms with van der Waals surface area (Å²) in [4.78, 5) is 2.24. The zero-order chi connectivity index (χ0) is 17.0. The van der Waals surface area contributed by atoms with E-state index in [1.54, 1.807) is 24.3 Å². The predicted molar refractivity (Wildman–Crippen MR) is 94.9 cm³/mol. The molecule has 0 bridgehead atoms. The van der Waals surface area contributed by atoms with Gasteiger partial charge in [-0.25, -0.2) is 12.7 Å². The summed E-state index contributed by atoms with van der Waals surface area (Å²) in [5.41, 5.74) is 0.643. The fraction of sp³-hybridized carbons (Fsp3) is 0.533. The van der Waals surface area contributed by atoms with Crippen LogP contribution < -0.4 is 5.32 Å². The standard InChI is InChI=1S/C15H23N3O3S2/c1-17(2)23(20,21)14-7-3-6-13(9-14)16-15(22)18-8-4-5-12(10-18)11-19/h3,6-7,9,12,19H,4-5,8,10-11H2,1-2H3,(H,16,22)/t12-/m1/s1. The fourth-order valence-corrected chi connectivity index (χ4v) is 3.78. The third-order valence-corrected chi connectivity index (χ3v) is 6.10. The maximum absolute atomic E-state index is 12.2. The van der Waals surface area contributed by atoms with Crippen LogP contribution in [0.3, 0.4) is 0 Å². The summed E-state index contributed by atoms with van der Waals surface area (Å²) < 4.78 is 25.5. The number of likely N-dealkylation sites (tertiary alicyclic amines) is 1. The molecule has 128 valence electrons. The van der Waals surface area contributed by atoms with Crippen LogP contribution in [0.5, 0.6) is 0 Å². The molecule has 23 heavy (non-hydrogen) atoms. The van der Waals surface area contributed by atoms with Crippen molar-refractivity contribution < 1.29 is 13.5 Å². The van der Waals surface area contributed by atoms with Gasteiger partial charge in [0, 0.05) is 39.5 Å². The van der Waals surface area contributed by atoms with Gasteiger partial charge in [-0.1, -0.05) is 6.07 Å². The van der Waals surface area contributed by atoms with Crippen LogP contribution in [0.2, 0.25) is 0 Å². The number of benzene rings is 1. The summed E-state index contributed by atoms with van der Waals surface area (Å²) in [6.45, 7) is 1.73. The monoisotopic (exact) mass is 357 g/mol. The van der Waals surface area contributed by atoms with Gasteiger partial charge in [-0.2, -0.15) is 0 Å². The zero-order valence-electron chi connectivity index (χ0n) is 13.4. The van der Waals surface area contributed by atoms with Crippen molar-refractivity contribution in [2.24, 2.45) is 5.92 Å². The second kappa shape index (κ2) is 7.57. The third-order valence-electron chi connectivity index (χ3n) is 3.93. The minimum atomic E-state index is -3.47. The molecule has 0 radical (unpaired) electrons. The van der Waals surface area contributed by atoms with E-state index >= 15 is 0 Å². The summed E-state index contributed by atoms with van der Waals surface area (Å²) in [5, 5.41) is 13.0. The first kappa shape index (κ1) is 18.1. The quantitative estimate of drug-likeness (QED) is 0.793. The highest BCUT2D eigenvalue weighted by molar-refractivity contribution is 7.89. The van der Waals surface area contributed by atoms with Gasteiger partial charge in [0.1, 0.15) is 0 Å². The Kier molecular flexibility index (Phi) is 5.96. The van der Waals surface area contributed by atoms with Crippen molar-refractivity contribution in [3.05, 3.63) is 24.3 Å². The lowest BCUT2D eigenvalue weighted by Gasteiger charge is -2.33. The normalized spacial score (nSPS) is 19.0. The number of anilines is 1. The molecule has 0 amide bonds. The predicted octanol–water partition coefficient (Wildman–Crippen LogP) is 1.34. The van der Waals surface area contributed by atoms with Gasteiger partial charge in [0.05, 0.1) is 4.90 Å². The lowest BCUT2D eigenvalue weighted by Crippen LogP contribution is -2.43. The summed E-state index contributed by atoms with van der Waals surface area (Å²) in [5.74, 6) is 0.240. The first-order valence-corrected chi connectivity index (χ1v) is 9.39. The zero-order valence-corrected chi connectivity index (χ0v) is 15.0. The van der Waals surface area contributed by atoms with Crippen molar-refractivity contribution in [3.8, 4) is 0 Å². The number of rotatable bonds is 4. The highest BCUT2D eigenvalue weighted by Crippen LogP contribution is 2.20. The first-order chi connectivity index (χ1) is 10.8. The summed E-state index contributed by atoms with van der Waals surface area (Å²) >= 11 is 5.42. The van der Waals surface area contributed by atoms with E-state index in [9.17, 15) is 13.5 Å². The molecular weight excluding hydrogens is 334 g/mol. The average Bonchev–Trinajstić information content (AvgIpc) is 2.55. The van der Waals surface area contributed by atoms with Crippen molar-refractivity contribution in [2.45, 2.75) is 17.7 Å². The molecule has 1 aromatic carbocycles. The summed E-state index contributed by atoms with van der Waals surface area (Å²) in [6, 6.07) is 6.61.